The summed E-state index contributed by atoms with van der Waals surface area (Å²) < 4.78 is 30.3. The van der Waals surface area contributed by atoms with Crippen LogP contribution in [0, 0.1) is 11.8 Å². The second-order valence-electron chi connectivity index (χ2n) is 13.8. The number of fused-ring (bicyclic) bond motifs is 1. The molecule has 2 saturated heterocycles. The van der Waals surface area contributed by atoms with Crippen molar-refractivity contribution >= 4 is 50.2 Å². The number of rotatable bonds is 8. The molecule has 3 amide bonds. The van der Waals surface area contributed by atoms with Crippen molar-refractivity contribution in [1.82, 2.24) is 4.90 Å². The maximum atomic E-state index is 14.1. The number of carbonyl (C=O) groups is 4. The number of anilines is 1. The number of amides is 3. The van der Waals surface area contributed by atoms with Crippen LogP contribution in [-0.4, -0.2) is 109 Å². The largest absolute Gasteiger partial charge is 0.543 e. The number of nitrogens with zero attached hydrogens (tertiary/aromatic N) is 4. The standard InChI is InChI=1S/C31H36N6O8S/c1-16-20(29(31(42)43)35-28(16)25(17(2)38)30(35)41)11-34-21-5-3-18-12-36(7-9-37(10-8-36,14-23(32)39)15-24(33)40)13-19-4-6-22(46(34,44)45)27(21)26(18)19/h3-6,16-17,25,28,38H,7-15H2,1-2H3,(H3-2,32,33,39,40,42,43)/p+1/t16-,17+,25+,28+/m0/s1. The molecule has 2 fully saturated rings. The van der Waals surface area contributed by atoms with Gasteiger partial charge in [0.1, 0.15) is 39.3 Å². The molecule has 4 atom stereocenters. The Hall–Kier alpha value is -4.05. The number of hydrogen-bond donors (Lipinski definition) is 3. The van der Waals surface area contributed by atoms with Crippen molar-refractivity contribution in [2.24, 2.45) is 23.3 Å². The van der Waals surface area contributed by atoms with Crippen LogP contribution in [0.1, 0.15) is 25.0 Å². The minimum atomic E-state index is -4.07. The van der Waals surface area contributed by atoms with E-state index in [1.54, 1.807) is 19.1 Å². The summed E-state index contributed by atoms with van der Waals surface area (Å²) in [5, 5.41) is 24.0. The van der Waals surface area contributed by atoms with Gasteiger partial charge >= 0.3 is 0 Å². The monoisotopic (exact) mass is 653 g/mol. The smallest absolute Gasteiger partial charge is 0.272 e. The molecule has 5 N–H and O–H groups in total. The highest BCUT2D eigenvalue weighted by molar-refractivity contribution is 7.93. The lowest BCUT2D eigenvalue weighted by molar-refractivity contribution is -1.04. The number of aliphatic hydroxyl groups is 1. The van der Waals surface area contributed by atoms with Crippen molar-refractivity contribution in [1.29, 1.82) is 0 Å². The van der Waals surface area contributed by atoms with Gasteiger partial charge in [-0.1, -0.05) is 19.1 Å². The molecule has 0 saturated carbocycles. The van der Waals surface area contributed by atoms with Crippen LogP contribution in [0.4, 0.5) is 5.69 Å². The quantitative estimate of drug-likeness (QED) is 0.211. The van der Waals surface area contributed by atoms with Crippen molar-refractivity contribution in [2.75, 3.05) is 50.1 Å². The fraction of sp³-hybridized carbons (Fsp3) is 0.484. The van der Waals surface area contributed by atoms with Crippen LogP contribution in [0.2, 0.25) is 0 Å². The van der Waals surface area contributed by atoms with Crippen LogP contribution < -0.4 is 20.9 Å². The van der Waals surface area contributed by atoms with E-state index in [0.717, 1.165) is 21.4 Å². The number of nitrogens with two attached hydrogens (primary N) is 2. The molecule has 5 heterocycles. The lowest BCUT2D eigenvalue weighted by Gasteiger charge is -2.50. The lowest BCUT2D eigenvalue weighted by Crippen LogP contribution is -2.69. The fourth-order valence-corrected chi connectivity index (χ4v) is 10.6. The van der Waals surface area contributed by atoms with Crippen molar-refractivity contribution in [3.05, 3.63) is 46.7 Å². The number of hydrogen-bond acceptors (Lipinski definition) is 8. The predicted molar refractivity (Wildman–Crippen MR) is 161 cm³/mol. The van der Waals surface area contributed by atoms with E-state index in [1.807, 2.05) is 12.1 Å². The zero-order chi connectivity index (χ0) is 33.1. The van der Waals surface area contributed by atoms with Crippen LogP contribution in [0.3, 0.4) is 0 Å². The van der Waals surface area contributed by atoms with Gasteiger partial charge in [-0.15, -0.1) is 0 Å². The van der Waals surface area contributed by atoms with Gasteiger partial charge in [0.15, 0.2) is 13.1 Å². The zero-order valence-corrected chi connectivity index (χ0v) is 26.5. The summed E-state index contributed by atoms with van der Waals surface area (Å²) in [6.07, 6.45) is -0.984. The third-order valence-electron chi connectivity index (χ3n) is 11.0. The number of aliphatic hydroxyl groups excluding tert-OH is 1. The van der Waals surface area contributed by atoms with Gasteiger partial charge in [0, 0.05) is 27.8 Å². The van der Waals surface area contributed by atoms with Gasteiger partial charge in [0.25, 0.3) is 21.8 Å². The van der Waals surface area contributed by atoms with Gasteiger partial charge < -0.3 is 35.9 Å². The maximum Gasteiger partial charge on any atom is 0.272 e. The first-order valence-corrected chi connectivity index (χ1v) is 16.9. The Bertz CT molecular complexity index is 1870. The number of β-lactam (4-membered cyclic amide) rings is 1. The first-order chi connectivity index (χ1) is 21.6. The molecular weight excluding hydrogens is 616 g/mol. The Labute approximate surface area is 265 Å². The van der Waals surface area contributed by atoms with Crippen molar-refractivity contribution in [3.63, 3.8) is 0 Å². The van der Waals surface area contributed by atoms with Gasteiger partial charge in [-0.25, -0.2) is 8.42 Å². The minimum Gasteiger partial charge on any atom is -0.543 e. The highest BCUT2D eigenvalue weighted by Crippen LogP contribution is 2.51. The lowest BCUT2D eigenvalue weighted by atomic mass is 9.77. The van der Waals surface area contributed by atoms with Gasteiger partial charge in [-0.3, -0.25) is 23.2 Å². The molecule has 14 nitrogen and oxygen atoms in total. The molecule has 0 bridgehead atoms. The second kappa shape index (κ2) is 9.97. The Balaban J connectivity index is 1.23. The Kier molecular flexibility index (Phi) is 6.63. The molecule has 7 rings (SSSR count). The van der Waals surface area contributed by atoms with Gasteiger partial charge in [0.05, 0.1) is 46.9 Å². The molecule has 5 aliphatic rings. The average molecular weight is 654 g/mol. The topological polar surface area (TPSA) is 204 Å². The number of benzene rings is 2. The molecule has 0 radical (unpaired) electrons. The van der Waals surface area contributed by atoms with E-state index in [1.165, 1.54) is 11.2 Å². The summed E-state index contributed by atoms with van der Waals surface area (Å²) in [4.78, 5) is 50.1. The van der Waals surface area contributed by atoms with Crippen LogP contribution in [0.25, 0.3) is 10.8 Å². The summed E-state index contributed by atoms with van der Waals surface area (Å²) in [5.74, 6) is -4.32. The molecule has 1 spiro atoms. The molecule has 5 aliphatic heterocycles. The second-order valence-corrected chi connectivity index (χ2v) is 15.6. The van der Waals surface area contributed by atoms with E-state index in [2.05, 4.69) is 0 Å². The SMILES string of the molecule is C[C@@H](O)[C@H]1C(=O)N2C(C(=O)[O-])=C(CN3c4ccc5c6c(ccc(c46)S3(=O)=O)C[N+]3(CC[N+](CC(N)=O)(CC(N)=O)CC3)C5)[C@H](C)[C@H]12. The first kappa shape index (κ1) is 30.6. The molecule has 2 aromatic carbocycles. The van der Waals surface area contributed by atoms with Crippen molar-refractivity contribution < 1.29 is 46.8 Å². The van der Waals surface area contributed by atoms with Crippen molar-refractivity contribution in [2.45, 2.75) is 44.0 Å². The number of carboxylic acid groups (broad SMARTS) is 1. The third-order valence-corrected chi connectivity index (χ3v) is 12.8. The van der Waals surface area contributed by atoms with E-state index >= 15 is 0 Å². The number of sulfonamides is 1. The average Bonchev–Trinajstić information content (AvgIpc) is 3.33. The van der Waals surface area contributed by atoms with E-state index in [-0.39, 0.29) is 40.3 Å². The minimum absolute atomic E-state index is 0.0383. The molecule has 0 aliphatic carbocycles. The van der Waals surface area contributed by atoms with Crippen LogP contribution in [-0.2, 0) is 42.3 Å². The summed E-state index contributed by atoms with van der Waals surface area (Å²) in [6, 6.07) is 6.55. The van der Waals surface area contributed by atoms with Crippen LogP contribution >= 0.6 is 0 Å². The Morgan fingerprint density at radius 1 is 1.00 bits per heavy atom. The number of aliphatic carboxylic acids is 1. The molecule has 15 heteroatoms. The van der Waals surface area contributed by atoms with Gasteiger partial charge in [-0.2, -0.15) is 0 Å². The third kappa shape index (κ3) is 4.21. The molecule has 0 aromatic heterocycles. The number of primary amides is 2. The van der Waals surface area contributed by atoms with Crippen molar-refractivity contribution in [3.8, 4) is 0 Å². The summed E-state index contributed by atoms with van der Waals surface area (Å²) >= 11 is 0. The highest BCUT2D eigenvalue weighted by atomic mass is 32.2. The summed E-state index contributed by atoms with van der Waals surface area (Å²) in [5.41, 5.74) is 13.4. The number of carbonyl (C=O) groups excluding carboxylic acids is 4. The molecular formula is C31H37N6O8S+. The van der Waals surface area contributed by atoms with E-state index < -0.39 is 57.7 Å². The predicted octanol–water partition coefficient (Wildman–Crippen LogP) is -2.16. The Morgan fingerprint density at radius 3 is 2.13 bits per heavy atom. The van der Waals surface area contributed by atoms with E-state index in [9.17, 15) is 37.8 Å². The first-order valence-electron chi connectivity index (χ1n) is 15.4. The highest BCUT2D eigenvalue weighted by Gasteiger charge is 2.59. The molecule has 46 heavy (non-hydrogen) atoms. The summed E-state index contributed by atoms with van der Waals surface area (Å²) in [6.45, 7) is 6.77. The van der Waals surface area contributed by atoms with E-state index in [4.69, 9.17) is 11.5 Å². The zero-order valence-electron chi connectivity index (χ0n) is 25.6. The molecule has 244 valence electrons. The van der Waals surface area contributed by atoms with Gasteiger partial charge in [0.2, 0.25) is 5.91 Å². The molecule has 0 unspecified atom stereocenters. The number of carboxylic acids is 1. The van der Waals surface area contributed by atoms with Gasteiger partial charge in [-0.05, 0) is 24.6 Å². The van der Waals surface area contributed by atoms with E-state index in [0.29, 0.717) is 54.8 Å². The maximum absolute atomic E-state index is 14.1. The van der Waals surface area contributed by atoms with Crippen LogP contribution in [0.5, 0.6) is 0 Å². The number of quaternary nitrogens is 2. The number of piperazine rings is 1. The fourth-order valence-electron chi connectivity index (χ4n) is 8.90. The Morgan fingerprint density at radius 2 is 1.59 bits per heavy atom. The molecule has 2 aromatic rings. The summed E-state index contributed by atoms with van der Waals surface area (Å²) in [7, 11) is -4.07. The van der Waals surface area contributed by atoms with Crippen LogP contribution in [0.15, 0.2) is 40.4 Å². The normalized spacial score (nSPS) is 27.1.